The number of ether oxygens (including phenoxy) is 1. The van der Waals surface area contributed by atoms with Crippen LogP contribution < -0.4 is 0 Å². The third-order valence-electron chi connectivity index (χ3n) is 3.19. The molecule has 0 aromatic carbocycles. The van der Waals surface area contributed by atoms with Crippen LogP contribution in [0.2, 0.25) is 0 Å². The molecule has 1 unspecified atom stereocenters. The van der Waals surface area contributed by atoms with E-state index in [4.69, 9.17) is 10.1 Å². The lowest BCUT2D eigenvalue weighted by atomic mass is 9.93. The number of hydrogen-bond acceptors (Lipinski definition) is 2. The average molecular weight is 182 g/mol. The molecule has 0 aromatic heterocycles. The SMILES string of the molecule is CC1(N2CCCC2=N)CCCOC1. The van der Waals surface area contributed by atoms with Crippen molar-refractivity contribution in [3.63, 3.8) is 0 Å². The van der Waals surface area contributed by atoms with Gasteiger partial charge in [0.05, 0.1) is 18.0 Å². The van der Waals surface area contributed by atoms with E-state index < -0.39 is 0 Å². The van der Waals surface area contributed by atoms with E-state index >= 15 is 0 Å². The Morgan fingerprint density at radius 3 is 2.85 bits per heavy atom. The minimum atomic E-state index is 0.117. The van der Waals surface area contributed by atoms with Crippen LogP contribution in [0.15, 0.2) is 0 Å². The quantitative estimate of drug-likeness (QED) is 0.669. The monoisotopic (exact) mass is 182 g/mol. The van der Waals surface area contributed by atoms with Crippen molar-refractivity contribution in [2.75, 3.05) is 19.8 Å². The minimum absolute atomic E-state index is 0.117. The van der Waals surface area contributed by atoms with Crippen LogP contribution >= 0.6 is 0 Å². The lowest BCUT2D eigenvalue weighted by Gasteiger charge is -2.42. The van der Waals surface area contributed by atoms with Gasteiger partial charge in [-0.1, -0.05) is 0 Å². The maximum atomic E-state index is 7.84. The number of hydrogen-bond donors (Lipinski definition) is 1. The molecule has 0 radical (unpaired) electrons. The molecule has 0 amide bonds. The fourth-order valence-corrected chi connectivity index (χ4v) is 2.40. The molecule has 2 heterocycles. The Labute approximate surface area is 79.6 Å². The molecular weight excluding hydrogens is 164 g/mol. The van der Waals surface area contributed by atoms with Crippen molar-refractivity contribution in [3.8, 4) is 0 Å². The van der Waals surface area contributed by atoms with Gasteiger partial charge >= 0.3 is 0 Å². The Hall–Kier alpha value is -0.570. The largest absolute Gasteiger partial charge is 0.379 e. The summed E-state index contributed by atoms with van der Waals surface area (Å²) in [4.78, 5) is 2.24. The fourth-order valence-electron chi connectivity index (χ4n) is 2.40. The number of nitrogens with zero attached hydrogens (tertiary/aromatic N) is 1. The molecule has 2 rings (SSSR count). The van der Waals surface area contributed by atoms with Gasteiger partial charge in [0.15, 0.2) is 0 Å². The average Bonchev–Trinajstić information content (AvgIpc) is 2.53. The molecule has 0 saturated carbocycles. The summed E-state index contributed by atoms with van der Waals surface area (Å²) < 4.78 is 5.51. The van der Waals surface area contributed by atoms with Gasteiger partial charge in [0.25, 0.3) is 0 Å². The molecule has 74 valence electrons. The van der Waals surface area contributed by atoms with Gasteiger partial charge in [0.2, 0.25) is 0 Å². The predicted octanol–water partition coefficient (Wildman–Crippen LogP) is 1.63. The summed E-state index contributed by atoms with van der Waals surface area (Å²) in [5, 5.41) is 7.84. The first-order valence-corrected chi connectivity index (χ1v) is 5.15. The number of likely N-dealkylation sites (tertiary alicyclic amines) is 1. The summed E-state index contributed by atoms with van der Waals surface area (Å²) in [6.45, 7) is 4.98. The van der Waals surface area contributed by atoms with Crippen LogP contribution in [-0.4, -0.2) is 36.0 Å². The van der Waals surface area contributed by atoms with Crippen LogP contribution in [0.5, 0.6) is 0 Å². The fraction of sp³-hybridized carbons (Fsp3) is 0.900. The first-order chi connectivity index (χ1) is 6.22. The van der Waals surface area contributed by atoms with Crippen LogP contribution in [0.1, 0.15) is 32.6 Å². The Morgan fingerprint density at radius 1 is 1.46 bits per heavy atom. The first kappa shape index (κ1) is 9.00. The second-order valence-corrected chi connectivity index (χ2v) is 4.35. The first-order valence-electron chi connectivity index (χ1n) is 5.15. The Morgan fingerprint density at radius 2 is 2.31 bits per heavy atom. The maximum absolute atomic E-state index is 7.84. The van der Waals surface area contributed by atoms with Crippen molar-refractivity contribution in [1.82, 2.24) is 4.90 Å². The van der Waals surface area contributed by atoms with Crippen molar-refractivity contribution in [2.45, 2.75) is 38.1 Å². The van der Waals surface area contributed by atoms with Gasteiger partial charge in [-0.2, -0.15) is 0 Å². The number of nitrogens with one attached hydrogen (secondary N) is 1. The highest BCUT2D eigenvalue weighted by Gasteiger charge is 2.37. The molecule has 2 aliphatic heterocycles. The van der Waals surface area contributed by atoms with Crippen LogP contribution in [0.25, 0.3) is 0 Å². The molecule has 1 N–H and O–H groups in total. The third kappa shape index (κ3) is 1.57. The van der Waals surface area contributed by atoms with Crippen LogP contribution in [0, 0.1) is 5.41 Å². The lowest BCUT2D eigenvalue weighted by molar-refractivity contribution is -0.00834. The zero-order chi connectivity index (χ0) is 9.31. The highest BCUT2D eigenvalue weighted by Crippen LogP contribution is 2.29. The van der Waals surface area contributed by atoms with E-state index in [1.165, 1.54) is 6.42 Å². The highest BCUT2D eigenvalue weighted by molar-refractivity contribution is 5.81. The predicted molar refractivity (Wildman–Crippen MR) is 52.1 cm³/mol. The summed E-state index contributed by atoms with van der Waals surface area (Å²) in [6.07, 6.45) is 4.42. The minimum Gasteiger partial charge on any atom is -0.379 e. The molecule has 2 aliphatic rings. The Bertz CT molecular complexity index is 209. The molecule has 2 saturated heterocycles. The van der Waals surface area contributed by atoms with Crippen molar-refractivity contribution < 1.29 is 4.74 Å². The van der Waals surface area contributed by atoms with Gasteiger partial charge in [-0.05, 0) is 26.2 Å². The normalized spacial score (nSPS) is 35.5. The van der Waals surface area contributed by atoms with E-state index in [0.29, 0.717) is 0 Å². The molecule has 3 heteroatoms. The lowest BCUT2D eigenvalue weighted by Crippen LogP contribution is -2.52. The molecule has 13 heavy (non-hydrogen) atoms. The van der Waals surface area contributed by atoms with Crippen LogP contribution in [0.4, 0.5) is 0 Å². The summed E-state index contributed by atoms with van der Waals surface area (Å²) in [7, 11) is 0. The van der Waals surface area contributed by atoms with Crippen molar-refractivity contribution in [1.29, 1.82) is 5.41 Å². The Balaban J connectivity index is 2.07. The molecule has 0 aromatic rings. The summed E-state index contributed by atoms with van der Waals surface area (Å²) >= 11 is 0. The maximum Gasteiger partial charge on any atom is 0.0963 e. The summed E-state index contributed by atoms with van der Waals surface area (Å²) in [5.41, 5.74) is 0.117. The molecule has 0 aliphatic carbocycles. The number of amidine groups is 1. The Kier molecular flexibility index (Phi) is 2.28. The molecular formula is C10H18N2O. The summed E-state index contributed by atoms with van der Waals surface area (Å²) in [5.74, 6) is 0.813. The molecule has 3 nitrogen and oxygen atoms in total. The van der Waals surface area contributed by atoms with Crippen molar-refractivity contribution in [2.24, 2.45) is 0 Å². The smallest absolute Gasteiger partial charge is 0.0963 e. The highest BCUT2D eigenvalue weighted by atomic mass is 16.5. The van der Waals surface area contributed by atoms with E-state index in [1.54, 1.807) is 0 Å². The van der Waals surface area contributed by atoms with E-state index in [2.05, 4.69) is 11.8 Å². The summed E-state index contributed by atoms with van der Waals surface area (Å²) in [6, 6.07) is 0. The van der Waals surface area contributed by atoms with E-state index in [-0.39, 0.29) is 5.54 Å². The van der Waals surface area contributed by atoms with Gasteiger partial charge < -0.3 is 9.64 Å². The van der Waals surface area contributed by atoms with E-state index in [9.17, 15) is 0 Å². The molecule has 0 spiro atoms. The second-order valence-electron chi connectivity index (χ2n) is 4.35. The van der Waals surface area contributed by atoms with Crippen molar-refractivity contribution in [3.05, 3.63) is 0 Å². The zero-order valence-electron chi connectivity index (χ0n) is 8.31. The second kappa shape index (κ2) is 3.29. The van der Waals surface area contributed by atoms with Gasteiger partial charge in [0.1, 0.15) is 0 Å². The van der Waals surface area contributed by atoms with Crippen LogP contribution in [-0.2, 0) is 4.74 Å². The third-order valence-corrected chi connectivity index (χ3v) is 3.19. The van der Waals surface area contributed by atoms with E-state index in [1.807, 2.05) is 0 Å². The molecule has 1 atom stereocenters. The van der Waals surface area contributed by atoms with Gasteiger partial charge in [-0.25, -0.2) is 0 Å². The molecule has 0 bridgehead atoms. The standard InChI is InChI=1S/C10H18N2O/c1-10(5-3-7-13-8-10)12-6-2-4-9(12)11/h11H,2-8H2,1H3. The zero-order valence-corrected chi connectivity index (χ0v) is 8.31. The van der Waals surface area contributed by atoms with Crippen molar-refractivity contribution >= 4 is 5.84 Å². The van der Waals surface area contributed by atoms with Gasteiger partial charge in [-0.3, -0.25) is 5.41 Å². The number of rotatable bonds is 1. The van der Waals surface area contributed by atoms with Crippen LogP contribution in [0.3, 0.4) is 0 Å². The molecule has 2 fully saturated rings. The van der Waals surface area contributed by atoms with Gasteiger partial charge in [-0.15, -0.1) is 0 Å². The topological polar surface area (TPSA) is 36.3 Å². The van der Waals surface area contributed by atoms with E-state index in [0.717, 1.165) is 44.9 Å². The van der Waals surface area contributed by atoms with Gasteiger partial charge in [0, 0.05) is 19.6 Å².